The average Bonchev–Trinajstić information content (AvgIpc) is 3.58. The Morgan fingerprint density at radius 1 is 1.17 bits per heavy atom. The van der Waals surface area contributed by atoms with E-state index in [1.165, 1.54) is 0 Å². The van der Waals surface area contributed by atoms with Crippen molar-refractivity contribution in [1.82, 2.24) is 24.8 Å². The van der Waals surface area contributed by atoms with Gasteiger partial charge in [-0.3, -0.25) is 14.2 Å². The fourth-order valence-electron chi connectivity index (χ4n) is 5.01. The number of amides is 1. The number of aromatic nitrogens is 3. The third-order valence-corrected chi connectivity index (χ3v) is 7.79. The first-order chi connectivity index (χ1) is 17.2. The van der Waals surface area contributed by atoms with Crippen molar-refractivity contribution in [2.24, 2.45) is 5.92 Å². The van der Waals surface area contributed by atoms with Crippen molar-refractivity contribution in [2.75, 3.05) is 31.6 Å². The fraction of sp³-hybridized carbons (Fsp3) is 0.500. The quantitative estimate of drug-likeness (QED) is 0.538. The largest absolute Gasteiger partial charge is 0.449 e. The number of thiazole rings is 1. The molecule has 2 aliphatic heterocycles. The molecule has 0 bridgehead atoms. The normalized spacial score (nSPS) is 20.9. The van der Waals surface area contributed by atoms with Gasteiger partial charge in [-0.05, 0) is 44.3 Å². The second kappa shape index (κ2) is 9.81. The zero-order valence-electron chi connectivity index (χ0n) is 19.8. The summed E-state index contributed by atoms with van der Waals surface area (Å²) in [5, 5.41) is 3.28. The first-order valence-electron chi connectivity index (χ1n) is 12.0. The van der Waals surface area contributed by atoms with E-state index in [1.807, 2.05) is 42.3 Å². The number of rotatable bonds is 6. The molecule has 0 saturated carbocycles. The molecule has 1 N–H and O–H groups in total. The van der Waals surface area contributed by atoms with Crippen molar-refractivity contribution in [3.8, 4) is 0 Å². The van der Waals surface area contributed by atoms with Crippen molar-refractivity contribution in [3.05, 3.63) is 52.1 Å². The Labute approximate surface area is 209 Å². The third-order valence-electron chi connectivity index (χ3n) is 6.80. The first-order valence-corrected chi connectivity index (χ1v) is 12.8. The maximum atomic E-state index is 13.9. The topological polar surface area (TPSA) is 83.4 Å². The molecule has 2 fully saturated rings. The highest BCUT2D eigenvalue weighted by Gasteiger charge is 2.39. The van der Waals surface area contributed by atoms with Crippen molar-refractivity contribution >= 4 is 32.7 Å². The molecule has 0 spiro atoms. The molecule has 2 aliphatic rings. The van der Waals surface area contributed by atoms with E-state index in [-0.39, 0.29) is 28.7 Å². The molecule has 2 saturated heterocycles. The maximum Gasteiger partial charge on any atom is 0.449 e. The Morgan fingerprint density at radius 2 is 1.94 bits per heavy atom. The number of carbonyl (C=O) groups excluding carboxylic acids is 1. The van der Waals surface area contributed by atoms with Crippen LogP contribution in [0.25, 0.3) is 10.3 Å². The Morgan fingerprint density at radius 3 is 2.64 bits per heavy atom. The Bertz CT molecular complexity index is 1310. The highest BCUT2D eigenvalue weighted by atomic mass is 32.1. The molecule has 2 atom stereocenters. The predicted molar refractivity (Wildman–Crippen MR) is 131 cm³/mol. The molecule has 4 heterocycles. The van der Waals surface area contributed by atoms with Crippen LogP contribution in [0.2, 0.25) is 0 Å². The standard InChI is InChI=1S/C24H27F3N6O2S/c1-31-11-9-16(13-31)14-33-21(35)18-20(30-22(33)24(25,26)27)36-23(29-18)32-10-5-8-17(32)19(34)28-12-15-6-3-2-4-7-15/h2-4,6-7,16-17H,5,8-14H2,1H3,(H,28,34). The molecule has 5 rings (SSSR count). The van der Waals surface area contributed by atoms with E-state index in [0.29, 0.717) is 37.6 Å². The number of fused-ring (bicyclic) bond motifs is 1. The van der Waals surface area contributed by atoms with Crippen molar-refractivity contribution in [2.45, 2.75) is 44.6 Å². The van der Waals surface area contributed by atoms with E-state index in [1.54, 1.807) is 4.90 Å². The number of likely N-dealkylation sites (tertiary alicyclic amines) is 1. The summed E-state index contributed by atoms with van der Waals surface area (Å²) < 4.78 is 42.4. The number of benzene rings is 1. The molecule has 2 unspecified atom stereocenters. The zero-order valence-corrected chi connectivity index (χ0v) is 20.6. The lowest BCUT2D eigenvalue weighted by molar-refractivity contribution is -0.148. The lowest BCUT2D eigenvalue weighted by Gasteiger charge is -2.23. The van der Waals surface area contributed by atoms with Crippen molar-refractivity contribution < 1.29 is 18.0 Å². The van der Waals surface area contributed by atoms with E-state index in [0.717, 1.165) is 34.4 Å². The monoisotopic (exact) mass is 520 g/mol. The molecule has 2 aromatic heterocycles. The summed E-state index contributed by atoms with van der Waals surface area (Å²) in [5.74, 6) is -1.44. The van der Waals surface area contributed by atoms with Gasteiger partial charge in [0.1, 0.15) is 6.04 Å². The van der Waals surface area contributed by atoms with Crippen LogP contribution in [0.15, 0.2) is 35.1 Å². The minimum absolute atomic E-state index is 0.0535. The van der Waals surface area contributed by atoms with Crippen LogP contribution >= 0.6 is 11.3 Å². The highest BCUT2D eigenvalue weighted by Crippen LogP contribution is 2.34. The lowest BCUT2D eigenvalue weighted by Crippen LogP contribution is -2.43. The summed E-state index contributed by atoms with van der Waals surface area (Å²) in [6.45, 7) is 2.25. The molecule has 1 amide bonds. The van der Waals surface area contributed by atoms with Gasteiger partial charge < -0.3 is 15.1 Å². The number of nitrogens with zero attached hydrogens (tertiary/aromatic N) is 5. The van der Waals surface area contributed by atoms with Gasteiger partial charge in [0.05, 0.1) is 0 Å². The summed E-state index contributed by atoms with van der Waals surface area (Å²) >= 11 is 0.929. The van der Waals surface area contributed by atoms with Crippen LogP contribution in [0.3, 0.4) is 0 Å². The van der Waals surface area contributed by atoms with Crippen LogP contribution in [0.1, 0.15) is 30.7 Å². The van der Waals surface area contributed by atoms with E-state index in [9.17, 15) is 22.8 Å². The second-order valence-corrected chi connectivity index (χ2v) is 10.4. The van der Waals surface area contributed by atoms with Gasteiger partial charge in [-0.25, -0.2) is 9.97 Å². The van der Waals surface area contributed by atoms with Gasteiger partial charge in [0, 0.05) is 26.2 Å². The van der Waals surface area contributed by atoms with Crippen molar-refractivity contribution in [1.29, 1.82) is 0 Å². The Hall–Kier alpha value is -2.99. The van der Waals surface area contributed by atoms with Crippen LogP contribution in [0, 0.1) is 5.92 Å². The molecule has 3 aromatic rings. The summed E-state index contributed by atoms with van der Waals surface area (Å²) in [5.41, 5.74) is 0.103. The highest BCUT2D eigenvalue weighted by molar-refractivity contribution is 7.21. The van der Waals surface area contributed by atoms with E-state index in [4.69, 9.17) is 0 Å². The number of halogens is 3. The number of nitrogens with one attached hydrogen (secondary N) is 1. The van der Waals surface area contributed by atoms with Crippen LogP contribution in [-0.2, 0) is 24.1 Å². The summed E-state index contributed by atoms with van der Waals surface area (Å²) in [6, 6.07) is 9.01. The Kier molecular flexibility index (Phi) is 6.73. The van der Waals surface area contributed by atoms with Gasteiger partial charge in [-0.15, -0.1) is 0 Å². The number of hydrogen-bond acceptors (Lipinski definition) is 7. The molecule has 1 aromatic carbocycles. The molecule has 36 heavy (non-hydrogen) atoms. The molecular formula is C24H27F3N6O2S. The maximum absolute atomic E-state index is 13.9. The second-order valence-electron chi connectivity index (χ2n) is 9.47. The third kappa shape index (κ3) is 4.96. The molecule has 12 heteroatoms. The van der Waals surface area contributed by atoms with Gasteiger partial charge in [-0.1, -0.05) is 41.7 Å². The Balaban J connectivity index is 1.43. The van der Waals surface area contributed by atoms with Crippen LogP contribution < -0.4 is 15.8 Å². The number of anilines is 1. The predicted octanol–water partition coefficient (Wildman–Crippen LogP) is 3.11. The first kappa shape index (κ1) is 24.7. The molecule has 0 aliphatic carbocycles. The molecule has 8 nitrogen and oxygen atoms in total. The smallest absolute Gasteiger partial charge is 0.350 e. The number of hydrogen-bond donors (Lipinski definition) is 1. The van der Waals surface area contributed by atoms with Gasteiger partial charge in [-0.2, -0.15) is 13.2 Å². The average molecular weight is 521 g/mol. The SMILES string of the molecule is CN1CCC(Cn2c(C(F)(F)F)nc3sc(N4CCCC4C(=O)NCc4ccccc4)nc3c2=O)C1. The zero-order chi connectivity index (χ0) is 25.4. The van der Waals surface area contributed by atoms with Gasteiger partial charge in [0.15, 0.2) is 15.5 Å². The minimum Gasteiger partial charge on any atom is -0.350 e. The van der Waals surface area contributed by atoms with E-state index >= 15 is 0 Å². The molecule has 0 radical (unpaired) electrons. The number of carbonyl (C=O) groups is 1. The van der Waals surface area contributed by atoms with E-state index in [2.05, 4.69) is 15.3 Å². The lowest BCUT2D eigenvalue weighted by atomic mass is 10.1. The van der Waals surface area contributed by atoms with Crippen molar-refractivity contribution in [3.63, 3.8) is 0 Å². The van der Waals surface area contributed by atoms with Gasteiger partial charge in [0.2, 0.25) is 11.7 Å². The van der Waals surface area contributed by atoms with Gasteiger partial charge >= 0.3 is 6.18 Å². The summed E-state index contributed by atoms with van der Waals surface area (Å²) in [4.78, 5) is 38.2. The molecule has 192 valence electrons. The van der Waals surface area contributed by atoms with Crippen LogP contribution in [-0.4, -0.2) is 58.1 Å². The minimum atomic E-state index is -4.77. The van der Waals surface area contributed by atoms with E-state index < -0.39 is 23.6 Å². The molecular weight excluding hydrogens is 493 g/mol. The van der Waals surface area contributed by atoms with Gasteiger partial charge in [0.25, 0.3) is 5.56 Å². The fourth-order valence-corrected chi connectivity index (χ4v) is 6.02. The van der Waals surface area contributed by atoms with Crippen LogP contribution in [0.5, 0.6) is 0 Å². The summed E-state index contributed by atoms with van der Waals surface area (Å²) in [7, 11) is 1.91. The number of alkyl halides is 3. The summed E-state index contributed by atoms with van der Waals surface area (Å²) in [6.07, 6.45) is -2.72. The van der Waals surface area contributed by atoms with Crippen LogP contribution in [0.4, 0.5) is 18.3 Å².